The lowest BCUT2D eigenvalue weighted by Gasteiger charge is -2.20. The van der Waals surface area contributed by atoms with Gasteiger partial charge >= 0.3 is 5.97 Å². The molecule has 0 spiro atoms. The van der Waals surface area contributed by atoms with E-state index in [4.69, 9.17) is 19.2 Å². The molecule has 40 heavy (non-hydrogen) atoms. The van der Waals surface area contributed by atoms with Crippen molar-refractivity contribution in [3.8, 4) is 17.4 Å². The van der Waals surface area contributed by atoms with Gasteiger partial charge < -0.3 is 34.1 Å². The molecular weight excluding hydrogens is 512 g/mol. The number of ether oxygens (including phenoxy) is 3. The van der Waals surface area contributed by atoms with Gasteiger partial charge in [0.15, 0.2) is 17.4 Å². The predicted octanol–water partition coefficient (Wildman–Crippen LogP) is 4.12. The van der Waals surface area contributed by atoms with E-state index in [1.807, 2.05) is 61.5 Å². The van der Waals surface area contributed by atoms with Crippen LogP contribution in [0.15, 0.2) is 65.7 Å². The zero-order valence-corrected chi connectivity index (χ0v) is 22.7. The van der Waals surface area contributed by atoms with Gasteiger partial charge in [-0.25, -0.2) is 9.79 Å². The van der Waals surface area contributed by atoms with Gasteiger partial charge in [0.05, 0.1) is 36.2 Å². The predicted molar refractivity (Wildman–Crippen MR) is 152 cm³/mol. The van der Waals surface area contributed by atoms with Crippen molar-refractivity contribution in [2.75, 3.05) is 52.9 Å². The molecule has 206 valence electrons. The van der Waals surface area contributed by atoms with Gasteiger partial charge in [0.2, 0.25) is 5.91 Å². The van der Waals surface area contributed by atoms with Gasteiger partial charge in [0.25, 0.3) is 0 Å². The number of aromatic nitrogens is 1. The number of hydrogen-bond donors (Lipinski definition) is 2. The zero-order chi connectivity index (χ0) is 28.4. The Labute approximate surface area is 231 Å². The van der Waals surface area contributed by atoms with Gasteiger partial charge in [-0.05, 0) is 68.7 Å². The van der Waals surface area contributed by atoms with Crippen molar-refractivity contribution in [2.45, 2.75) is 0 Å². The van der Waals surface area contributed by atoms with Crippen molar-refractivity contribution >= 4 is 39.9 Å². The topological polar surface area (TPSA) is 117 Å². The first-order valence-electron chi connectivity index (χ1n) is 12.7. The maximum atomic E-state index is 12.5. The van der Waals surface area contributed by atoms with Crippen molar-refractivity contribution in [3.05, 3.63) is 77.4 Å². The number of nitrogens with one attached hydrogen (secondary N) is 1. The maximum absolute atomic E-state index is 12.5. The molecule has 2 heterocycles. The first-order chi connectivity index (χ1) is 19.2. The Hall–Kier alpha value is -4.83. The molecule has 4 aromatic rings. The standard InChI is InChI=1S/C30H30N4O6/c1-33(2)17-26(35)34(3)21-9-7-20(8-10-21)31-28(18-6-12-24-25(16-18)40-14-13-39-24)27-22-11-5-19(30(37)38-4)15-23(22)32-29(27)36/h5-12,15-16,32,36H,13-14,17H2,1-4H3. The van der Waals surface area contributed by atoms with Crippen LogP contribution in [0.3, 0.4) is 0 Å². The fraction of sp³-hybridized carbons (Fsp3) is 0.233. The second kappa shape index (κ2) is 11.1. The monoisotopic (exact) mass is 542 g/mol. The molecule has 0 saturated heterocycles. The lowest BCUT2D eigenvalue weighted by Crippen LogP contribution is -2.34. The van der Waals surface area contributed by atoms with E-state index in [1.165, 1.54) is 7.11 Å². The van der Waals surface area contributed by atoms with Gasteiger partial charge in [-0.2, -0.15) is 0 Å². The number of anilines is 1. The Kier molecular flexibility index (Phi) is 7.43. The lowest BCUT2D eigenvalue weighted by molar-refractivity contribution is -0.118. The smallest absolute Gasteiger partial charge is 0.337 e. The summed E-state index contributed by atoms with van der Waals surface area (Å²) in [5.74, 6) is 0.604. The Balaban J connectivity index is 1.60. The first kappa shape index (κ1) is 26.8. The van der Waals surface area contributed by atoms with E-state index in [1.54, 1.807) is 30.1 Å². The van der Waals surface area contributed by atoms with Crippen LogP contribution in [0.2, 0.25) is 0 Å². The number of methoxy groups -OCH3 is 1. The molecule has 2 N–H and O–H groups in total. The number of aromatic hydroxyl groups is 1. The number of nitrogens with zero attached hydrogens (tertiary/aromatic N) is 3. The number of aromatic amines is 1. The summed E-state index contributed by atoms with van der Waals surface area (Å²) >= 11 is 0. The quantitative estimate of drug-likeness (QED) is 0.267. The maximum Gasteiger partial charge on any atom is 0.337 e. The molecule has 3 aromatic carbocycles. The first-order valence-corrected chi connectivity index (χ1v) is 12.7. The number of amides is 1. The fourth-order valence-corrected chi connectivity index (χ4v) is 4.52. The van der Waals surface area contributed by atoms with Crippen LogP contribution in [-0.2, 0) is 9.53 Å². The van der Waals surface area contributed by atoms with E-state index in [0.29, 0.717) is 70.2 Å². The molecule has 5 rings (SSSR count). The molecule has 1 amide bonds. The van der Waals surface area contributed by atoms with E-state index in [2.05, 4.69) is 4.98 Å². The average Bonchev–Trinajstić information content (AvgIpc) is 3.29. The molecular formula is C30H30N4O6. The third kappa shape index (κ3) is 5.34. The van der Waals surface area contributed by atoms with Gasteiger partial charge in [0.1, 0.15) is 13.2 Å². The Bertz CT molecular complexity index is 1610. The number of H-pyrrole nitrogens is 1. The van der Waals surface area contributed by atoms with Crippen LogP contribution in [0.1, 0.15) is 21.5 Å². The van der Waals surface area contributed by atoms with Gasteiger partial charge in [0, 0.05) is 29.2 Å². The molecule has 0 saturated carbocycles. The van der Waals surface area contributed by atoms with Crippen LogP contribution in [0, 0.1) is 0 Å². The van der Waals surface area contributed by atoms with Crippen LogP contribution in [0.25, 0.3) is 10.9 Å². The Morgan fingerprint density at radius 3 is 2.35 bits per heavy atom. The molecule has 1 aliphatic rings. The van der Waals surface area contributed by atoms with Crippen LogP contribution in [0.4, 0.5) is 11.4 Å². The molecule has 0 fully saturated rings. The number of carbonyl (C=O) groups is 2. The summed E-state index contributed by atoms with van der Waals surface area (Å²) in [4.78, 5) is 35.9. The summed E-state index contributed by atoms with van der Waals surface area (Å²) in [7, 11) is 6.74. The largest absolute Gasteiger partial charge is 0.494 e. The van der Waals surface area contributed by atoms with E-state index in [9.17, 15) is 14.7 Å². The summed E-state index contributed by atoms with van der Waals surface area (Å²) in [6, 6.07) is 17.8. The highest BCUT2D eigenvalue weighted by atomic mass is 16.6. The number of likely N-dealkylation sites (N-methyl/N-ethyl adjacent to an activating group) is 2. The van der Waals surface area contributed by atoms with Crippen LogP contribution >= 0.6 is 0 Å². The van der Waals surface area contributed by atoms with Crippen LogP contribution in [-0.4, -0.2) is 80.6 Å². The van der Waals surface area contributed by atoms with Crippen molar-refractivity contribution < 1.29 is 28.9 Å². The van der Waals surface area contributed by atoms with E-state index < -0.39 is 5.97 Å². The Morgan fingerprint density at radius 1 is 0.950 bits per heavy atom. The van der Waals surface area contributed by atoms with Crippen molar-refractivity contribution in [1.82, 2.24) is 9.88 Å². The SMILES string of the molecule is COC(=O)c1ccc2c(C(=Nc3ccc(N(C)C(=O)CN(C)C)cc3)c3ccc4c(c3)OCCO4)c(O)[nH]c2c1. The zero-order valence-electron chi connectivity index (χ0n) is 22.7. The van der Waals surface area contributed by atoms with E-state index in [-0.39, 0.29) is 11.8 Å². The summed E-state index contributed by atoms with van der Waals surface area (Å²) in [6.07, 6.45) is 0. The van der Waals surface area contributed by atoms with Crippen LogP contribution < -0.4 is 14.4 Å². The van der Waals surface area contributed by atoms with E-state index in [0.717, 1.165) is 5.69 Å². The van der Waals surface area contributed by atoms with Crippen molar-refractivity contribution in [2.24, 2.45) is 4.99 Å². The molecule has 1 aromatic heterocycles. The van der Waals surface area contributed by atoms with Crippen molar-refractivity contribution in [3.63, 3.8) is 0 Å². The molecule has 0 bridgehead atoms. The second-order valence-corrected chi connectivity index (χ2v) is 9.63. The molecule has 0 unspecified atom stereocenters. The number of carbonyl (C=O) groups excluding carboxylic acids is 2. The summed E-state index contributed by atoms with van der Waals surface area (Å²) < 4.78 is 16.3. The highest BCUT2D eigenvalue weighted by Crippen LogP contribution is 2.36. The van der Waals surface area contributed by atoms with Crippen LogP contribution in [0.5, 0.6) is 17.4 Å². The molecule has 10 nitrogen and oxygen atoms in total. The number of esters is 1. The normalized spacial score (nSPS) is 13.0. The Morgan fingerprint density at radius 2 is 1.65 bits per heavy atom. The summed E-state index contributed by atoms with van der Waals surface area (Å²) in [5, 5.41) is 11.7. The van der Waals surface area contributed by atoms with Gasteiger partial charge in [-0.15, -0.1) is 0 Å². The second-order valence-electron chi connectivity index (χ2n) is 9.63. The molecule has 0 atom stereocenters. The number of rotatable bonds is 7. The minimum Gasteiger partial charge on any atom is -0.494 e. The molecule has 0 radical (unpaired) electrons. The minimum absolute atomic E-state index is 0.0340. The lowest BCUT2D eigenvalue weighted by atomic mass is 9.99. The third-order valence-electron chi connectivity index (χ3n) is 6.56. The van der Waals surface area contributed by atoms with Crippen molar-refractivity contribution in [1.29, 1.82) is 0 Å². The van der Waals surface area contributed by atoms with E-state index >= 15 is 0 Å². The fourth-order valence-electron chi connectivity index (χ4n) is 4.52. The molecule has 1 aliphatic heterocycles. The van der Waals surface area contributed by atoms with Gasteiger partial charge in [-0.3, -0.25) is 4.79 Å². The number of aliphatic imine (C=N–C) groups is 1. The van der Waals surface area contributed by atoms with Gasteiger partial charge in [-0.1, -0.05) is 6.07 Å². The molecule has 10 heteroatoms. The number of benzene rings is 3. The third-order valence-corrected chi connectivity index (χ3v) is 6.56. The summed E-state index contributed by atoms with van der Waals surface area (Å²) in [5.41, 5.74) is 3.89. The highest BCUT2D eigenvalue weighted by Gasteiger charge is 2.22. The average molecular weight is 543 g/mol. The minimum atomic E-state index is -0.479. The number of hydrogen-bond acceptors (Lipinski definition) is 8. The number of fused-ring (bicyclic) bond motifs is 2. The summed E-state index contributed by atoms with van der Waals surface area (Å²) in [6.45, 7) is 1.19. The molecule has 0 aliphatic carbocycles. The highest BCUT2D eigenvalue weighted by molar-refractivity contribution is 6.22.